The van der Waals surface area contributed by atoms with Crippen molar-refractivity contribution in [3.05, 3.63) is 24.3 Å². The third kappa shape index (κ3) is 37.2. The van der Waals surface area contributed by atoms with Crippen molar-refractivity contribution in [2.45, 2.75) is 263 Å². The number of carbonyl (C=O) groups excluding carboxylic acids is 1. The van der Waals surface area contributed by atoms with Gasteiger partial charge in [-0.15, -0.1) is 0 Å². The van der Waals surface area contributed by atoms with Crippen molar-refractivity contribution < 1.29 is 20.1 Å². The minimum atomic E-state index is -1.14. The summed E-state index contributed by atoms with van der Waals surface area (Å²) in [6.07, 6.45) is 51.4. The lowest BCUT2D eigenvalue weighted by Gasteiger charge is -2.26. The topological polar surface area (TPSA) is 89.8 Å². The molecule has 0 bridgehead atoms. The highest BCUT2D eigenvalue weighted by Gasteiger charge is 2.26. The van der Waals surface area contributed by atoms with Gasteiger partial charge in [0.15, 0.2) is 0 Å². The first-order valence-electron chi connectivity index (χ1n) is 23.1. The summed E-state index contributed by atoms with van der Waals surface area (Å²) in [7, 11) is 0. The predicted molar refractivity (Wildman–Crippen MR) is 227 cm³/mol. The molecule has 0 heterocycles. The Morgan fingerprint density at radius 3 is 1.21 bits per heavy atom. The summed E-state index contributed by atoms with van der Waals surface area (Å²) in [4.78, 5) is 12.4. The molecule has 0 aliphatic rings. The molecule has 0 spiro atoms. The molecule has 4 N–H and O–H groups in total. The fourth-order valence-corrected chi connectivity index (χ4v) is 7.21. The molecule has 5 heteroatoms. The molecule has 0 saturated carbocycles. The maximum absolute atomic E-state index is 12.4. The zero-order chi connectivity index (χ0) is 38.0. The van der Waals surface area contributed by atoms with Gasteiger partial charge in [-0.1, -0.05) is 224 Å². The van der Waals surface area contributed by atoms with E-state index in [1.807, 2.05) is 0 Å². The minimum Gasteiger partial charge on any atom is -0.394 e. The number of carbonyl (C=O) groups is 1. The first-order valence-corrected chi connectivity index (χ1v) is 23.1. The SMILES string of the molecule is CCCCC/C=C\C=C/CCCCCCCCCCCCC(=O)NC(CO)C(O)C(O)CCCCCCCCCCCCCCCCCCCCC. The van der Waals surface area contributed by atoms with Gasteiger partial charge in [-0.2, -0.15) is 0 Å². The highest BCUT2D eigenvalue weighted by atomic mass is 16.3. The highest BCUT2D eigenvalue weighted by Crippen LogP contribution is 2.17. The quantitative estimate of drug-likeness (QED) is 0.0371. The molecule has 0 radical (unpaired) electrons. The summed E-state index contributed by atoms with van der Waals surface area (Å²) < 4.78 is 0. The van der Waals surface area contributed by atoms with Gasteiger partial charge >= 0.3 is 0 Å². The Morgan fingerprint density at radius 1 is 0.481 bits per heavy atom. The molecule has 0 aliphatic heterocycles. The molecular formula is C47H91NO4. The summed E-state index contributed by atoms with van der Waals surface area (Å²) in [6.45, 7) is 4.16. The molecule has 3 unspecified atom stereocenters. The van der Waals surface area contributed by atoms with Gasteiger partial charge in [-0.25, -0.2) is 0 Å². The van der Waals surface area contributed by atoms with Crippen molar-refractivity contribution in [3.8, 4) is 0 Å². The molecule has 0 saturated heterocycles. The van der Waals surface area contributed by atoms with Crippen molar-refractivity contribution in [3.63, 3.8) is 0 Å². The van der Waals surface area contributed by atoms with Gasteiger partial charge in [0.05, 0.1) is 18.8 Å². The average Bonchev–Trinajstić information content (AvgIpc) is 3.15. The van der Waals surface area contributed by atoms with Gasteiger partial charge in [0, 0.05) is 6.42 Å². The first-order chi connectivity index (χ1) is 25.6. The zero-order valence-corrected chi connectivity index (χ0v) is 35.0. The number of hydrogen-bond acceptors (Lipinski definition) is 4. The Morgan fingerprint density at radius 2 is 0.808 bits per heavy atom. The third-order valence-electron chi connectivity index (χ3n) is 10.8. The second kappa shape index (κ2) is 42.6. The molecule has 0 rings (SSSR count). The van der Waals surface area contributed by atoms with Crippen molar-refractivity contribution in [2.75, 3.05) is 6.61 Å². The lowest BCUT2D eigenvalue weighted by Crippen LogP contribution is -2.50. The van der Waals surface area contributed by atoms with E-state index in [2.05, 4.69) is 43.5 Å². The molecule has 0 aliphatic carbocycles. The van der Waals surface area contributed by atoms with Crippen LogP contribution in [0.15, 0.2) is 24.3 Å². The molecule has 308 valence electrons. The van der Waals surface area contributed by atoms with Crippen molar-refractivity contribution in [2.24, 2.45) is 0 Å². The maximum Gasteiger partial charge on any atom is 0.220 e. The van der Waals surface area contributed by atoms with Gasteiger partial charge < -0.3 is 20.6 Å². The average molecular weight is 734 g/mol. The summed E-state index contributed by atoms with van der Waals surface area (Å²) in [5.74, 6) is -0.147. The largest absolute Gasteiger partial charge is 0.394 e. The summed E-state index contributed by atoms with van der Waals surface area (Å²) in [5.41, 5.74) is 0. The number of aliphatic hydroxyl groups excluding tert-OH is 3. The van der Waals surface area contributed by atoms with Crippen LogP contribution in [0.4, 0.5) is 0 Å². The van der Waals surface area contributed by atoms with Crippen LogP contribution in [0.5, 0.6) is 0 Å². The molecule has 0 aromatic heterocycles. The summed E-state index contributed by atoms with van der Waals surface area (Å²) in [5, 5.41) is 33.6. The van der Waals surface area contributed by atoms with Gasteiger partial charge in [0.2, 0.25) is 5.91 Å². The molecular weight excluding hydrogens is 643 g/mol. The molecule has 0 aromatic carbocycles. The Hall–Kier alpha value is -1.17. The number of nitrogens with one attached hydrogen (secondary N) is 1. The number of allylic oxidation sites excluding steroid dienone is 4. The van der Waals surface area contributed by atoms with E-state index in [1.54, 1.807) is 0 Å². The number of amides is 1. The fourth-order valence-electron chi connectivity index (χ4n) is 7.21. The minimum absolute atomic E-state index is 0.147. The van der Waals surface area contributed by atoms with E-state index in [9.17, 15) is 20.1 Å². The lowest BCUT2D eigenvalue weighted by molar-refractivity contribution is -0.124. The first kappa shape index (κ1) is 50.8. The monoisotopic (exact) mass is 734 g/mol. The normalized spacial score (nSPS) is 13.7. The van der Waals surface area contributed by atoms with Crippen LogP contribution in [-0.2, 0) is 4.79 Å². The van der Waals surface area contributed by atoms with Crippen LogP contribution in [0, 0.1) is 0 Å². The van der Waals surface area contributed by atoms with Crippen LogP contribution in [0.3, 0.4) is 0 Å². The highest BCUT2D eigenvalue weighted by molar-refractivity contribution is 5.76. The number of rotatable bonds is 42. The molecule has 3 atom stereocenters. The van der Waals surface area contributed by atoms with Gasteiger partial charge in [0.1, 0.15) is 6.10 Å². The summed E-state index contributed by atoms with van der Waals surface area (Å²) >= 11 is 0. The van der Waals surface area contributed by atoms with E-state index in [4.69, 9.17) is 0 Å². The second-order valence-corrected chi connectivity index (χ2v) is 16.0. The van der Waals surface area contributed by atoms with E-state index < -0.39 is 18.2 Å². The fraction of sp³-hybridized carbons (Fsp3) is 0.894. The Kier molecular flexibility index (Phi) is 41.6. The molecule has 5 nitrogen and oxygen atoms in total. The van der Waals surface area contributed by atoms with Crippen molar-refractivity contribution in [1.82, 2.24) is 5.32 Å². The molecule has 0 aromatic rings. The molecule has 1 amide bonds. The standard InChI is InChI=1S/C47H91NO4/c1-3-5-7-9-11-13-15-17-19-21-23-25-27-29-31-33-35-37-39-41-45(50)47(52)44(43-49)48-46(51)42-40-38-36-34-32-30-28-26-24-22-20-18-16-14-12-10-8-6-4-2/h12,14,16,18,44-45,47,49-50,52H,3-11,13,15,17,19-43H2,1-2H3,(H,48,51)/b14-12-,18-16-. The van der Waals surface area contributed by atoms with Gasteiger partial charge in [0.25, 0.3) is 0 Å². The van der Waals surface area contributed by atoms with Gasteiger partial charge in [-0.3, -0.25) is 4.79 Å². The Bertz CT molecular complexity index is 768. The zero-order valence-electron chi connectivity index (χ0n) is 35.0. The van der Waals surface area contributed by atoms with Crippen molar-refractivity contribution in [1.29, 1.82) is 0 Å². The molecule has 52 heavy (non-hydrogen) atoms. The Balaban J connectivity index is 3.60. The lowest BCUT2D eigenvalue weighted by atomic mass is 9.99. The number of unbranched alkanes of at least 4 members (excludes halogenated alkanes) is 31. The smallest absolute Gasteiger partial charge is 0.220 e. The van der Waals surface area contributed by atoms with Crippen LogP contribution in [-0.4, -0.2) is 46.1 Å². The van der Waals surface area contributed by atoms with E-state index in [1.165, 1.54) is 180 Å². The van der Waals surface area contributed by atoms with Crippen LogP contribution >= 0.6 is 0 Å². The Labute approximate surface area is 324 Å². The van der Waals surface area contributed by atoms with E-state index in [-0.39, 0.29) is 12.5 Å². The maximum atomic E-state index is 12.4. The number of aliphatic hydroxyl groups is 3. The van der Waals surface area contributed by atoms with Crippen molar-refractivity contribution >= 4 is 5.91 Å². The van der Waals surface area contributed by atoms with Crippen LogP contribution in [0.25, 0.3) is 0 Å². The predicted octanol–water partition coefficient (Wildman–Crippen LogP) is 13.4. The number of hydrogen-bond donors (Lipinski definition) is 4. The van der Waals surface area contributed by atoms with E-state index >= 15 is 0 Å². The summed E-state index contributed by atoms with van der Waals surface area (Å²) in [6, 6.07) is -0.809. The van der Waals surface area contributed by atoms with E-state index in [0.717, 1.165) is 38.5 Å². The van der Waals surface area contributed by atoms with E-state index in [0.29, 0.717) is 12.8 Å². The van der Waals surface area contributed by atoms with Crippen LogP contribution < -0.4 is 5.32 Å². The van der Waals surface area contributed by atoms with Crippen LogP contribution in [0.1, 0.15) is 245 Å². The van der Waals surface area contributed by atoms with Crippen LogP contribution in [0.2, 0.25) is 0 Å². The molecule has 0 fully saturated rings. The second-order valence-electron chi connectivity index (χ2n) is 16.0. The van der Waals surface area contributed by atoms with Gasteiger partial charge in [-0.05, 0) is 38.5 Å². The third-order valence-corrected chi connectivity index (χ3v) is 10.8.